The molecule has 0 saturated carbocycles. The van der Waals surface area contributed by atoms with Gasteiger partial charge in [0.15, 0.2) is 0 Å². The molecule has 0 atom stereocenters. The first kappa shape index (κ1) is 11.7. The van der Waals surface area contributed by atoms with Crippen LogP contribution in [0.25, 0.3) is 5.65 Å². The first-order valence-corrected chi connectivity index (χ1v) is 7.05. The van der Waals surface area contributed by atoms with Crippen LogP contribution in [0.4, 0.5) is 0 Å². The van der Waals surface area contributed by atoms with E-state index >= 15 is 0 Å². The van der Waals surface area contributed by atoms with Gasteiger partial charge in [0.05, 0.1) is 0 Å². The summed E-state index contributed by atoms with van der Waals surface area (Å²) in [5.41, 5.74) is 3.89. The molecule has 1 aliphatic heterocycles. The molecule has 0 bridgehead atoms. The number of fused-ring (bicyclic) bond motifs is 1. The van der Waals surface area contributed by atoms with E-state index in [9.17, 15) is 0 Å². The Labute approximate surface area is 108 Å². The number of nitrogens with one attached hydrogen (secondary N) is 1. The zero-order valence-electron chi connectivity index (χ0n) is 11.0. The molecular weight excluding hydrogens is 222 g/mol. The maximum absolute atomic E-state index is 4.58. The van der Waals surface area contributed by atoms with Gasteiger partial charge in [-0.15, -0.1) is 0 Å². The molecule has 3 heterocycles. The van der Waals surface area contributed by atoms with Crippen molar-refractivity contribution in [2.75, 3.05) is 13.1 Å². The van der Waals surface area contributed by atoms with Gasteiger partial charge < -0.3 is 9.72 Å². The Morgan fingerprint density at radius 2 is 2.22 bits per heavy atom. The first-order valence-electron chi connectivity index (χ1n) is 7.05. The smallest absolute Gasteiger partial charge is 0.137 e. The van der Waals surface area contributed by atoms with Gasteiger partial charge in [-0.1, -0.05) is 13.3 Å². The summed E-state index contributed by atoms with van der Waals surface area (Å²) >= 11 is 0. The van der Waals surface area contributed by atoms with Crippen LogP contribution in [0.15, 0.2) is 24.5 Å². The predicted octanol–water partition coefficient (Wildman–Crippen LogP) is 2.75. The third-order valence-electron chi connectivity index (χ3n) is 3.90. The van der Waals surface area contributed by atoms with E-state index in [4.69, 9.17) is 0 Å². The van der Waals surface area contributed by atoms with Crippen molar-refractivity contribution in [3.8, 4) is 0 Å². The maximum Gasteiger partial charge on any atom is 0.137 e. The zero-order valence-corrected chi connectivity index (χ0v) is 11.0. The van der Waals surface area contributed by atoms with Crippen LogP contribution >= 0.6 is 0 Å². The summed E-state index contributed by atoms with van der Waals surface area (Å²) in [4.78, 5) is 4.58. The standard InChI is InChI=1S/C15H21N3/c1-2-3-12-6-9-18-14(11-17-15(18)10-12)13-4-7-16-8-5-13/h6,9-11,13,16H,2-5,7-8H2,1H3. The molecule has 3 rings (SSSR count). The molecule has 1 saturated heterocycles. The molecule has 1 aliphatic rings. The van der Waals surface area contributed by atoms with E-state index in [1.165, 1.54) is 30.5 Å². The molecule has 96 valence electrons. The molecule has 2 aromatic rings. The minimum Gasteiger partial charge on any atom is -0.317 e. The topological polar surface area (TPSA) is 29.3 Å². The highest BCUT2D eigenvalue weighted by atomic mass is 15.0. The van der Waals surface area contributed by atoms with Gasteiger partial charge in [0.25, 0.3) is 0 Å². The summed E-state index contributed by atoms with van der Waals surface area (Å²) in [6, 6.07) is 4.47. The number of nitrogens with zero attached hydrogens (tertiary/aromatic N) is 2. The van der Waals surface area contributed by atoms with Crippen molar-refractivity contribution in [2.45, 2.75) is 38.5 Å². The van der Waals surface area contributed by atoms with E-state index in [0.717, 1.165) is 25.2 Å². The molecule has 0 radical (unpaired) electrons. The second kappa shape index (κ2) is 5.11. The highest BCUT2D eigenvalue weighted by Crippen LogP contribution is 2.26. The number of pyridine rings is 1. The molecule has 0 aromatic carbocycles. The van der Waals surface area contributed by atoms with Gasteiger partial charge in [0.1, 0.15) is 5.65 Å². The van der Waals surface area contributed by atoms with Crippen LogP contribution in [-0.4, -0.2) is 22.5 Å². The zero-order chi connectivity index (χ0) is 12.4. The van der Waals surface area contributed by atoms with Crippen molar-refractivity contribution in [1.29, 1.82) is 0 Å². The minimum absolute atomic E-state index is 0.665. The fourth-order valence-corrected chi connectivity index (χ4v) is 2.91. The number of hydrogen-bond donors (Lipinski definition) is 1. The molecule has 0 aliphatic carbocycles. The molecule has 3 nitrogen and oxygen atoms in total. The van der Waals surface area contributed by atoms with Crippen LogP contribution in [-0.2, 0) is 6.42 Å². The highest BCUT2D eigenvalue weighted by Gasteiger charge is 2.18. The molecule has 0 spiro atoms. The summed E-state index contributed by atoms with van der Waals surface area (Å²) < 4.78 is 2.27. The molecule has 3 heteroatoms. The lowest BCUT2D eigenvalue weighted by Crippen LogP contribution is -2.27. The van der Waals surface area contributed by atoms with Gasteiger partial charge in [-0.2, -0.15) is 0 Å². The molecule has 1 fully saturated rings. The number of imidazole rings is 1. The van der Waals surface area contributed by atoms with Crippen LogP contribution < -0.4 is 5.32 Å². The van der Waals surface area contributed by atoms with Crippen LogP contribution in [0.1, 0.15) is 43.4 Å². The van der Waals surface area contributed by atoms with E-state index in [1.54, 1.807) is 0 Å². The fraction of sp³-hybridized carbons (Fsp3) is 0.533. The quantitative estimate of drug-likeness (QED) is 0.898. The number of aromatic nitrogens is 2. The van der Waals surface area contributed by atoms with Gasteiger partial charge in [0, 0.05) is 24.0 Å². The van der Waals surface area contributed by atoms with Gasteiger partial charge in [-0.3, -0.25) is 0 Å². The minimum atomic E-state index is 0.665. The SMILES string of the molecule is CCCc1ccn2c(C3CCNCC3)cnc2c1. The third-order valence-corrected chi connectivity index (χ3v) is 3.90. The second-order valence-corrected chi connectivity index (χ2v) is 5.22. The van der Waals surface area contributed by atoms with Gasteiger partial charge in [0.2, 0.25) is 0 Å². The number of piperidine rings is 1. The summed E-state index contributed by atoms with van der Waals surface area (Å²) in [5, 5.41) is 3.42. The average molecular weight is 243 g/mol. The van der Waals surface area contributed by atoms with Crippen molar-refractivity contribution in [3.05, 3.63) is 35.8 Å². The number of hydrogen-bond acceptors (Lipinski definition) is 2. The van der Waals surface area contributed by atoms with Crippen molar-refractivity contribution >= 4 is 5.65 Å². The van der Waals surface area contributed by atoms with E-state index < -0.39 is 0 Å². The van der Waals surface area contributed by atoms with Crippen molar-refractivity contribution in [1.82, 2.24) is 14.7 Å². The van der Waals surface area contributed by atoms with Gasteiger partial charge in [-0.25, -0.2) is 4.98 Å². The Morgan fingerprint density at radius 3 is 3.00 bits per heavy atom. The van der Waals surface area contributed by atoms with E-state index in [2.05, 4.69) is 46.2 Å². The summed E-state index contributed by atoms with van der Waals surface area (Å²) in [5.74, 6) is 0.665. The average Bonchev–Trinajstić information content (AvgIpc) is 2.83. The van der Waals surface area contributed by atoms with Crippen LogP contribution in [0.5, 0.6) is 0 Å². The summed E-state index contributed by atoms with van der Waals surface area (Å²) in [6.07, 6.45) is 9.06. The number of rotatable bonds is 3. The van der Waals surface area contributed by atoms with Crippen LogP contribution in [0, 0.1) is 0 Å². The normalized spacial score (nSPS) is 17.4. The molecule has 0 amide bonds. The lowest BCUT2D eigenvalue weighted by atomic mass is 9.95. The van der Waals surface area contributed by atoms with E-state index in [1.807, 2.05) is 0 Å². The third kappa shape index (κ3) is 2.15. The van der Waals surface area contributed by atoms with Crippen molar-refractivity contribution in [3.63, 3.8) is 0 Å². The Bertz CT molecular complexity index is 524. The summed E-state index contributed by atoms with van der Waals surface area (Å²) in [6.45, 7) is 4.48. The van der Waals surface area contributed by atoms with E-state index in [0.29, 0.717) is 5.92 Å². The molecule has 0 unspecified atom stereocenters. The first-order chi connectivity index (χ1) is 8.88. The van der Waals surface area contributed by atoms with E-state index in [-0.39, 0.29) is 0 Å². The predicted molar refractivity (Wildman–Crippen MR) is 74.0 cm³/mol. The van der Waals surface area contributed by atoms with Gasteiger partial charge >= 0.3 is 0 Å². The molecule has 2 aromatic heterocycles. The second-order valence-electron chi connectivity index (χ2n) is 5.22. The van der Waals surface area contributed by atoms with Crippen molar-refractivity contribution in [2.24, 2.45) is 0 Å². The fourth-order valence-electron chi connectivity index (χ4n) is 2.91. The monoisotopic (exact) mass is 243 g/mol. The molecule has 1 N–H and O–H groups in total. The maximum atomic E-state index is 4.58. The lowest BCUT2D eigenvalue weighted by molar-refractivity contribution is 0.451. The Hall–Kier alpha value is -1.35. The van der Waals surface area contributed by atoms with Crippen LogP contribution in [0.3, 0.4) is 0 Å². The Balaban J connectivity index is 1.93. The molecular formula is C15H21N3. The van der Waals surface area contributed by atoms with Crippen LogP contribution in [0.2, 0.25) is 0 Å². The van der Waals surface area contributed by atoms with Crippen molar-refractivity contribution < 1.29 is 0 Å². The molecule has 18 heavy (non-hydrogen) atoms. The number of aryl methyl sites for hydroxylation is 1. The summed E-state index contributed by atoms with van der Waals surface area (Å²) in [7, 11) is 0. The lowest BCUT2D eigenvalue weighted by Gasteiger charge is -2.22. The Morgan fingerprint density at radius 1 is 1.39 bits per heavy atom. The Kier molecular flexibility index (Phi) is 3.33. The largest absolute Gasteiger partial charge is 0.317 e. The highest BCUT2D eigenvalue weighted by molar-refractivity contribution is 5.44. The van der Waals surface area contributed by atoms with Gasteiger partial charge in [-0.05, 0) is 50.0 Å².